The van der Waals surface area contributed by atoms with Crippen molar-refractivity contribution in [2.75, 3.05) is 37.4 Å². The minimum atomic E-state index is -0.149. The molecule has 1 saturated heterocycles. The molecule has 0 unspecified atom stereocenters. The average molecular weight is 357 g/mol. The number of rotatable bonds is 4. The molecule has 1 fully saturated rings. The summed E-state index contributed by atoms with van der Waals surface area (Å²) < 4.78 is 0. The normalized spacial score (nSPS) is 14.2. The molecule has 2 aromatic rings. The van der Waals surface area contributed by atoms with Crippen LogP contribution in [-0.4, -0.2) is 43.9 Å². The Kier molecular flexibility index (Phi) is 5.38. The highest BCUT2D eigenvalue weighted by atomic mass is 32.1. The van der Waals surface area contributed by atoms with Gasteiger partial charge in [-0.3, -0.25) is 9.59 Å². The van der Waals surface area contributed by atoms with Gasteiger partial charge in [0.2, 0.25) is 0 Å². The number of likely N-dealkylation sites (tertiary alicyclic amines) is 1. The molecule has 0 saturated carbocycles. The first-order chi connectivity index (χ1) is 12.1. The number of thiophene rings is 1. The number of anilines is 2. The Morgan fingerprint density at radius 1 is 1.12 bits per heavy atom. The number of hydrogen-bond donors (Lipinski definition) is 1. The summed E-state index contributed by atoms with van der Waals surface area (Å²) in [6.45, 7) is 1.61. The number of nitrogens with one attached hydrogen (secondary N) is 1. The van der Waals surface area contributed by atoms with Crippen molar-refractivity contribution in [1.82, 2.24) is 4.90 Å². The molecular weight excluding hydrogens is 334 g/mol. The van der Waals surface area contributed by atoms with Crippen LogP contribution in [0, 0.1) is 0 Å². The first-order valence-electron chi connectivity index (χ1n) is 8.52. The third-order valence-corrected chi connectivity index (χ3v) is 5.22. The zero-order valence-corrected chi connectivity index (χ0v) is 15.4. The molecule has 0 spiro atoms. The third kappa shape index (κ3) is 4.02. The minimum absolute atomic E-state index is 0.0376. The Morgan fingerprint density at radius 2 is 1.88 bits per heavy atom. The van der Waals surface area contributed by atoms with E-state index in [0.29, 0.717) is 16.1 Å². The number of nitrogens with zero attached hydrogens (tertiary/aromatic N) is 2. The molecule has 25 heavy (non-hydrogen) atoms. The van der Waals surface area contributed by atoms with Gasteiger partial charge >= 0.3 is 0 Å². The number of carbonyl (C=O) groups is 2. The van der Waals surface area contributed by atoms with Crippen molar-refractivity contribution in [3.63, 3.8) is 0 Å². The molecule has 0 atom stereocenters. The van der Waals surface area contributed by atoms with Crippen LogP contribution >= 0.6 is 11.3 Å². The molecule has 5 nitrogen and oxygen atoms in total. The zero-order chi connectivity index (χ0) is 17.8. The van der Waals surface area contributed by atoms with Crippen molar-refractivity contribution < 1.29 is 9.59 Å². The molecule has 3 rings (SSSR count). The summed E-state index contributed by atoms with van der Waals surface area (Å²) in [5, 5.41) is 4.76. The van der Waals surface area contributed by atoms with Gasteiger partial charge in [-0.1, -0.05) is 6.07 Å². The van der Waals surface area contributed by atoms with Crippen LogP contribution < -0.4 is 10.2 Å². The smallest absolute Gasteiger partial charge is 0.265 e. The maximum absolute atomic E-state index is 13.0. The van der Waals surface area contributed by atoms with E-state index in [0.717, 1.165) is 31.6 Å². The summed E-state index contributed by atoms with van der Waals surface area (Å²) in [7, 11) is 3.85. The largest absolute Gasteiger partial charge is 0.377 e. The molecule has 0 radical (unpaired) electrons. The van der Waals surface area contributed by atoms with Crippen LogP contribution in [0.4, 0.5) is 11.4 Å². The number of piperidine rings is 1. The standard InChI is InChI=1S/C19H23N3O2S/c1-21(2)16-9-8-14(20-18(23)17-7-6-12-25-17)13-15(16)19(24)22-10-4-3-5-11-22/h6-9,12-13H,3-5,10-11H2,1-2H3,(H,20,23). The molecule has 0 aliphatic carbocycles. The van der Waals surface area contributed by atoms with E-state index in [-0.39, 0.29) is 11.8 Å². The summed E-state index contributed by atoms with van der Waals surface area (Å²) in [5.41, 5.74) is 2.14. The van der Waals surface area contributed by atoms with Crippen molar-refractivity contribution in [3.05, 3.63) is 46.2 Å². The van der Waals surface area contributed by atoms with Gasteiger partial charge in [-0.05, 0) is 48.9 Å². The maximum atomic E-state index is 13.0. The first kappa shape index (κ1) is 17.5. The highest BCUT2D eigenvalue weighted by Gasteiger charge is 2.22. The van der Waals surface area contributed by atoms with E-state index >= 15 is 0 Å². The van der Waals surface area contributed by atoms with Gasteiger partial charge in [0.15, 0.2) is 0 Å². The molecule has 1 aliphatic rings. The Bertz CT molecular complexity index is 750. The lowest BCUT2D eigenvalue weighted by atomic mass is 10.1. The highest BCUT2D eigenvalue weighted by molar-refractivity contribution is 7.12. The Hall–Kier alpha value is -2.34. The first-order valence-corrected chi connectivity index (χ1v) is 9.40. The van der Waals surface area contributed by atoms with Crippen LogP contribution in [0.5, 0.6) is 0 Å². The van der Waals surface area contributed by atoms with E-state index in [4.69, 9.17) is 0 Å². The van der Waals surface area contributed by atoms with Crippen LogP contribution in [-0.2, 0) is 0 Å². The lowest BCUT2D eigenvalue weighted by Crippen LogP contribution is -2.36. The van der Waals surface area contributed by atoms with E-state index < -0.39 is 0 Å². The van der Waals surface area contributed by atoms with Crippen LogP contribution in [0.25, 0.3) is 0 Å². The van der Waals surface area contributed by atoms with Crippen molar-refractivity contribution in [2.45, 2.75) is 19.3 Å². The van der Waals surface area contributed by atoms with Crippen LogP contribution in [0.1, 0.15) is 39.3 Å². The second-order valence-corrected chi connectivity index (χ2v) is 7.36. The predicted molar refractivity (Wildman–Crippen MR) is 103 cm³/mol. The van der Waals surface area contributed by atoms with E-state index in [1.165, 1.54) is 17.8 Å². The fourth-order valence-electron chi connectivity index (χ4n) is 3.04. The minimum Gasteiger partial charge on any atom is -0.377 e. The number of carbonyl (C=O) groups excluding carboxylic acids is 2. The molecule has 132 valence electrons. The lowest BCUT2D eigenvalue weighted by Gasteiger charge is -2.28. The molecule has 1 aromatic heterocycles. The second kappa shape index (κ2) is 7.70. The zero-order valence-electron chi connectivity index (χ0n) is 14.6. The molecule has 1 aliphatic heterocycles. The van der Waals surface area contributed by atoms with E-state index in [9.17, 15) is 9.59 Å². The van der Waals surface area contributed by atoms with Crippen LogP contribution in [0.2, 0.25) is 0 Å². The second-order valence-electron chi connectivity index (χ2n) is 6.41. The molecule has 6 heteroatoms. The van der Waals surface area contributed by atoms with Gasteiger partial charge in [0, 0.05) is 38.6 Å². The molecule has 2 heterocycles. The monoisotopic (exact) mass is 357 g/mol. The third-order valence-electron chi connectivity index (χ3n) is 4.35. The van der Waals surface area contributed by atoms with E-state index in [1.54, 1.807) is 12.1 Å². The maximum Gasteiger partial charge on any atom is 0.265 e. The number of hydrogen-bond acceptors (Lipinski definition) is 4. The Labute approximate surface area is 152 Å². The number of benzene rings is 1. The summed E-state index contributed by atoms with van der Waals surface area (Å²) >= 11 is 1.40. The molecule has 1 N–H and O–H groups in total. The summed E-state index contributed by atoms with van der Waals surface area (Å²) in [4.78, 5) is 29.7. The molecule has 2 amide bonds. The van der Waals surface area contributed by atoms with Crippen LogP contribution in [0.3, 0.4) is 0 Å². The summed E-state index contributed by atoms with van der Waals surface area (Å²) in [6, 6.07) is 9.15. The van der Waals surface area contributed by atoms with Gasteiger partial charge < -0.3 is 15.1 Å². The van der Waals surface area contributed by atoms with Gasteiger partial charge in [-0.25, -0.2) is 0 Å². The molecule has 1 aromatic carbocycles. The van der Waals surface area contributed by atoms with Crippen molar-refractivity contribution in [3.8, 4) is 0 Å². The van der Waals surface area contributed by atoms with Gasteiger partial charge in [0.1, 0.15) is 0 Å². The average Bonchev–Trinajstić information content (AvgIpc) is 3.16. The Morgan fingerprint density at radius 3 is 2.52 bits per heavy atom. The van der Waals surface area contributed by atoms with Crippen molar-refractivity contribution in [1.29, 1.82) is 0 Å². The fraction of sp³-hybridized carbons (Fsp3) is 0.368. The molecule has 0 bridgehead atoms. The predicted octanol–water partition coefficient (Wildman–Crippen LogP) is 3.69. The van der Waals surface area contributed by atoms with Gasteiger partial charge in [-0.15, -0.1) is 11.3 Å². The van der Waals surface area contributed by atoms with E-state index in [2.05, 4.69) is 5.32 Å². The van der Waals surface area contributed by atoms with Gasteiger partial charge in [-0.2, -0.15) is 0 Å². The SMILES string of the molecule is CN(C)c1ccc(NC(=O)c2cccs2)cc1C(=O)N1CCCCC1. The van der Waals surface area contributed by atoms with E-state index in [1.807, 2.05) is 47.5 Å². The van der Waals surface area contributed by atoms with Crippen molar-refractivity contribution >= 4 is 34.5 Å². The number of amides is 2. The van der Waals surface area contributed by atoms with Gasteiger partial charge in [0.25, 0.3) is 11.8 Å². The quantitative estimate of drug-likeness (QED) is 0.908. The van der Waals surface area contributed by atoms with Gasteiger partial charge in [0.05, 0.1) is 10.4 Å². The lowest BCUT2D eigenvalue weighted by molar-refractivity contribution is 0.0724. The summed E-state index contributed by atoms with van der Waals surface area (Å²) in [6.07, 6.45) is 3.29. The Balaban J connectivity index is 1.86. The topological polar surface area (TPSA) is 52.7 Å². The fourth-order valence-corrected chi connectivity index (χ4v) is 3.66. The van der Waals surface area contributed by atoms with Crippen molar-refractivity contribution in [2.24, 2.45) is 0 Å². The highest BCUT2D eigenvalue weighted by Crippen LogP contribution is 2.26. The molecular formula is C19H23N3O2S. The summed E-state index contributed by atoms with van der Waals surface area (Å²) in [5.74, 6) is -0.111. The van der Waals surface area contributed by atoms with Crippen LogP contribution in [0.15, 0.2) is 35.7 Å².